The van der Waals surface area contributed by atoms with Crippen LogP contribution in [-0.4, -0.2) is 6.61 Å². The predicted molar refractivity (Wildman–Crippen MR) is 76.4 cm³/mol. The van der Waals surface area contributed by atoms with Crippen LogP contribution >= 0.6 is 8.38 Å². The van der Waals surface area contributed by atoms with Crippen molar-refractivity contribution in [1.82, 2.24) is 0 Å². The van der Waals surface area contributed by atoms with Crippen molar-refractivity contribution in [1.29, 1.82) is 0 Å². The number of benzene rings is 2. The summed E-state index contributed by atoms with van der Waals surface area (Å²) in [5.41, 5.74) is 1.20. The van der Waals surface area contributed by atoms with Crippen LogP contribution in [0.25, 0.3) is 0 Å². The van der Waals surface area contributed by atoms with Crippen LogP contribution in [0.2, 0.25) is 0 Å². The van der Waals surface area contributed by atoms with Gasteiger partial charge in [-0.15, -0.1) is 0 Å². The van der Waals surface area contributed by atoms with Crippen molar-refractivity contribution in [2.75, 3.05) is 6.61 Å². The molecule has 0 N–H and O–H groups in total. The van der Waals surface area contributed by atoms with E-state index in [0.717, 1.165) is 11.1 Å². The second-order valence-electron chi connectivity index (χ2n) is 3.87. The highest BCUT2D eigenvalue weighted by Gasteiger charge is 2.17. The van der Waals surface area contributed by atoms with Gasteiger partial charge >= 0.3 is 0 Å². The van der Waals surface area contributed by atoms with E-state index < -0.39 is 8.38 Å². The van der Waals surface area contributed by atoms with E-state index in [1.54, 1.807) is 0 Å². The SMILES string of the molecule is CCOP(Oc1ccccc1)c1ccccc1C. The van der Waals surface area contributed by atoms with Crippen molar-refractivity contribution in [2.24, 2.45) is 0 Å². The van der Waals surface area contributed by atoms with Crippen LogP contribution in [0.1, 0.15) is 12.5 Å². The first-order chi connectivity index (χ1) is 8.81. The summed E-state index contributed by atoms with van der Waals surface area (Å²) in [5, 5.41) is 1.14. The Kier molecular flexibility index (Phi) is 4.74. The summed E-state index contributed by atoms with van der Waals surface area (Å²) in [5.74, 6) is 0.848. The van der Waals surface area contributed by atoms with Crippen molar-refractivity contribution < 1.29 is 9.05 Å². The third-order valence-electron chi connectivity index (χ3n) is 2.49. The number of aryl methyl sites for hydroxylation is 1. The molecular formula is C15H17O2P. The molecule has 0 bridgehead atoms. The fourth-order valence-electron chi connectivity index (χ4n) is 1.61. The Morgan fingerprint density at radius 1 is 0.944 bits per heavy atom. The number of hydrogen-bond acceptors (Lipinski definition) is 2. The predicted octanol–water partition coefficient (Wildman–Crippen LogP) is 4.05. The largest absolute Gasteiger partial charge is 0.444 e. The van der Waals surface area contributed by atoms with Crippen molar-refractivity contribution >= 4 is 13.7 Å². The Balaban J connectivity index is 2.21. The summed E-state index contributed by atoms with van der Waals surface area (Å²) in [6, 6.07) is 18.0. The van der Waals surface area contributed by atoms with Crippen LogP contribution < -0.4 is 9.83 Å². The average molecular weight is 260 g/mol. The van der Waals surface area contributed by atoms with Gasteiger partial charge in [-0.05, 0) is 37.6 Å². The molecule has 1 atom stereocenters. The van der Waals surface area contributed by atoms with Crippen LogP contribution in [0, 0.1) is 6.92 Å². The summed E-state index contributed by atoms with van der Waals surface area (Å²) in [6.07, 6.45) is 0. The minimum absolute atomic E-state index is 0.646. The zero-order valence-corrected chi connectivity index (χ0v) is 11.6. The van der Waals surface area contributed by atoms with Gasteiger partial charge in [0.05, 0.1) is 6.61 Å². The maximum atomic E-state index is 5.96. The summed E-state index contributed by atoms with van der Waals surface area (Å²) >= 11 is 0. The minimum Gasteiger partial charge on any atom is -0.444 e. The third-order valence-corrected chi connectivity index (χ3v) is 4.25. The average Bonchev–Trinajstić information content (AvgIpc) is 2.40. The van der Waals surface area contributed by atoms with Gasteiger partial charge in [0.25, 0.3) is 8.38 Å². The molecule has 94 valence electrons. The van der Waals surface area contributed by atoms with Crippen molar-refractivity contribution in [3.05, 3.63) is 60.2 Å². The molecule has 2 rings (SSSR count). The molecule has 1 unspecified atom stereocenters. The highest BCUT2D eigenvalue weighted by Crippen LogP contribution is 2.39. The van der Waals surface area contributed by atoms with Gasteiger partial charge in [0, 0.05) is 5.30 Å². The highest BCUT2D eigenvalue weighted by molar-refractivity contribution is 7.56. The number of hydrogen-bond donors (Lipinski definition) is 0. The summed E-state index contributed by atoms with van der Waals surface area (Å²) in [7, 11) is -1.05. The molecule has 0 aliphatic heterocycles. The van der Waals surface area contributed by atoms with Gasteiger partial charge in [0.2, 0.25) is 0 Å². The van der Waals surface area contributed by atoms with Crippen LogP contribution in [0.4, 0.5) is 0 Å². The molecule has 0 aliphatic rings. The standard InChI is InChI=1S/C15H17O2P/c1-3-16-18(15-12-8-7-9-13(15)2)17-14-10-5-4-6-11-14/h4-12H,3H2,1-2H3. The number of para-hydroxylation sites is 1. The number of rotatable bonds is 5. The Labute approximate surface area is 109 Å². The van der Waals surface area contributed by atoms with Gasteiger partial charge in [-0.1, -0.05) is 36.4 Å². The van der Waals surface area contributed by atoms with Gasteiger partial charge in [-0.2, -0.15) is 0 Å². The molecule has 0 heterocycles. The lowest BCUT2D eigenvalue weighted by molar-refractivity contribution is 0.341. The van der Waals surface area contributed by atoms with Crippen LogP contribution in [0.5, 0.6) is 5.75 Å². The molecule has 0 saturated carbocycles. The lowest BCUT2D eigenvalue weighted by Gasteiger charge is -2.19. The fourth-order valence-corrected chi connectivity index (χ4v) is 3.02. The van der Waals surface area contributed by atoms with E-state index in [2.05, 4.69) is 19.1 Å². The van der Waals surface area contributed by atoms with Crippen LogP contribution in [0.15, 0.2) is 54.6 Å². The molecule has 0 amide bonds. The second kappa shape index (κ2) is 6.53. The zero-order valence-electron chi connectivity index (χ0n) is 10.7. The Morgan fingerprint density at radius 2 is 1.61 bits per heavy atom. The summed E-state index contributed by atoms with van der Waals surface area (Å²) in [6.45, 7) is 4.72. The van der Waals surface area contributed by atoms with E-state index in [-0.39, 0.29) is 0 Å². The molecule has 2 aromatic carbocycles. The Bertz CT molecular complexity index is 485. The van der Waals surface area contributed by atoms with Gasteiger partial charge in [0.15, 0.2) is 0 Å². The van der Waals surface area contributed by atoms with Gasteiger partial charge in [0.1, 0.15) is 5.75 Å². The summed E-state index contributed by atoms with van der Waals surface area (Å²) < 4.78 is 11.7. The quantitative estimate of drug-likeness (QED) is 0.755. The second-order valence-corrected chi connectivity index (χ2v) is 5.30. The van der Waals surface area contributed by atoms with Crippen molar-refractivity contribution in [3.63, 3.8) is 0 Å². The minimum atomic E-state index is -1.05. The first kappa shape index (κ1) is 13.1. The third kappa shape index (κ3) is 3.32. The van der Waals surface area contributed by atoms with E-state index >= 15 is 0 Å². The maximum Gasteiger partial charge on any atom is 0.265 e. The molecule has 0 saturated heterocycles. The molecule has 2 aromatic rings. The van der Waals surface area contributed by atoms with Gasteiger partial charge in [-0.25, -0.2) is 0 Å². The first-order valence-corrected chi connectivity index (χ1v) is 7.20. The van der Waals surface area contributed by atoms with E-state index in [4.69, 9.17) is 9.05 Å². The molecule has 3 heteroatoms. The Hall–Kier alpha value is -1.37. The smallest absolute Gasteiger partial charge is 0.265 e. The molecule has 2 nitrogen and oxygen atoms in total. The van der Waals surface area contributed by atoms with E-state index in [1.165, 1.54) is 5.56 Å². The molecule has 18 heavy (non-hydrogen) atoms. The van der Waals surface area contributed by atoms with E-state index in [1.807, 2.05) is 49.4 Å². The fraction of sp³-hybridized carbons (Fsp3) is 0.200. The van der Waals surface area contributed by atoms with Gasteiger partial charge < -0.3 is 9.05 Å². The lowest BCUT2D eigenvalue weighted by atomic mass is 10.2. The Morgan fingerprint density at radius 3 is 2.28 bits per heavy atom. The van der Waals surface area contributed by atoms with Crippen molar-refractivity contribution in [2.45, 2.75) is 13.8 Å². The maximum absolute atomic E-state index is 5.96. The van der Waals surface area contributed by atoms with Crippen LogP contribution in [-0.2, 0) is 4.52 Å². The molecule has 0 aliphatic carbocycles. The zero-order chi connectivity index (χ0) is 12.8. The van der Waals surface area contributed by atoms with Crippen molar-refractivity contribution in [3.8, 4) is 5.75 Å². The highest BCUT2D eigenvalue weighted by atomic mass is 31.2. The molecular weight excluding hydrogens is 243 g/mol. The summed E-state index contributed by atoms with van der Waals surface area (Å²) in [4.78, 5) is 0. The van der Waals surface area contributed by atoms with E-state index in [9.17, 15) is 0 Å². The first-order valence-electron chi connectivity index (χ1n) is 6.03. The lowest BCUT2D eigenvalue weighted by Crippen LogP contribution is -2.11. The van der Waals surface area contributed by atoms with E-state index in [0.29, 0.717) is 6.61 Å². The van der Waals surface area contributed by atoms with Crippen LogP contribution in [0.3, 0.4) is 0 Å². The topological polar surface area (TPSA) is 18.5 Å². The normalized spacial score (nSPS) is 12.1. The molecule has 0 fully saturated rings. The molecule has 0 radical (unpaired) electrons. The molecule has 0 aromatic heterocycles. The van der Waals surface area contributed by atoms with Gasteiger partial charge in [-0.3, -0.25) is 0 Å². The monoisotopic (exact) mass is 260 g/mol. The molecule has 0 spiro atoms.